The van der Waals surface area contributed by atoms with E-state index in [1.54, 1.807) is 0 Å². The van der Waals surface area contributed by atoms with Crippen LogP contribution in [0.5, 0.6) is 0 Å². The molecule has 0 aliphatic heterocycles. The van der Waals surface area contributed by atoms with Crippen molar-refractivity contribution >= 4 is 6.29 Å². The average molecular weight is 189 g/mol. The van der Waals surface area contributed by atoms with Crippen LogP contribution in [0.25, 0.3) is 0 Å². The Morgan fingerprint density at radius 2 is 1.93 bits per heavy atom. The molecule has 0 fully saturated rings. The smallest absolute Gasteiger partial charge is 0.147 e. The maximum Gasteiger partial charge on any atom is 0.147 e. The van der Waals surface area contributed by atoms with Gasteiger partial charge in [0, 0.05) is 32.3 Å². The van der Waals surface area contributed by atoms with E-state index in [1.165, 1.54) is 0 Å². The van der Waals surface area contributed by atoms with Crippen molar-refractivity contribution in [2.24, 2.45) is 0 Å². The van der Waals surface area contributed by atoms with Gasteiger partial charge in [0.15, 0.2) is 0 Å². The summed E-state index contributed by atoms with van der Waals surface area (Å²) in [5, 5.41) is 0. The van der Waals surface area contributed by atoms with E-state index in [-0.39, 0.29) is 0 Å². The highest BCUT2D eigenvalue weighted by atomic mass is 16.1. The van der Waals surface area contributed by atoms with E-state index in [4.69, 9.17) is 0 Å². The van der Waals surface area contributed by atoms with E-state index in [0.717, 1.165) is 17.4 Å². The van der Waals surface area contributed by atoms with Crippen molar-refractivity contribution < 1.29 is 4.79 Å². The first-order valence-corrected chi connectivity index (χ1v) is 4.58. The minimum Gasteiger partial charge on any atom is -0.383 e. The third-order valence-electron chi connectivity index (χ3n) is 1.83. The molecular weight excluding hydrogens is 174 g/mol. The Morgan fingerprint density at radius 3 is 2.43 bits per heavy atom. The summed E-state index contributed by atoms with van der Waals surface area (Å²) in [7, 11) is 3.82. The summed E-state index contributed by atoms with van der Waals surface area (Å²) in [6.07, 6.45) is 3.45. The van der Waals surface area contributed by atoms with Crippen molar-refractivity contribution in [3.63, 3.8) is 0 Å². The molecule has 0 bridgehead atoms. The number of benzene rings is 1. The SMILES string of the molecule is CN(C)C=C(C=O)Cc1ccccc1. The first kappa shape index (κ1) is 10.5. The topological polar surface area (TPSA) is 20.3 Å². The molecule has 1 rings (SSSR count). The monoisotopic (exact) mass is 189 g/mol. The number of carbonyl (C=O) groups is 1. The van der Waals surface area contributed by atoms with Gasteiger partial charge in [0.25, 0.3) is 0 Å². The van der Waals surface area contributed by atoms with E-state index in [0.29, 0.717) is 6.42 Å². The van der Waals surface area contributed by atoms with Crippen LogP contribution in [0.15, 0.2) is 42.1 Å². The van der Waals surface area contributed by atoms with Crippen LogP contribution in [0.1, 0.15) is 5.56 Å². The van der Waals surface area contributed by atoms with Crippen LogP contribution in [0.3, 0.4) is 0 Å². The zero-order valence-corrected chi connectivity index (χ0v) is 8.60. The normalized spacial score (nSPS) is 11.1. The number of aldehydes is 1. The molecule has 0 saturated heterocycles. The van der Waals surface area contributed by atoms with Gasteiger partial charge >= 0.3 is 0 Å². The molecule has 1 aromatic rings. The lowest BCUT2D eigenvalue weighted by atomic mass is 10.1. The molecule has 0 amide bonds. The minimum absolute atomic E-state index is 0.697. The Labute approximate surface area is 84.9 Å². The standard InChI is InChI=1S/C12H15NO/c1-13(2)9-12(10-14)8-11-6-4-3-5-7-11/h3-7,9-10H,8H2,1-2H3. The van der Waals surface area contributed by atoms with Crippen molar-refractivity contribution in [2.75, 3.05) is 14.1 Å². The van der Waals surface area contributed by atoms with Gasteiger partial charge in [-0.2, -0.15) is 0 Å². The summed E-state index contributed by atoms with van der Waals surface area (Å²) >= 11 is 0. The number of hydrogen-bond acceptors (Lipinski definition) is 2. The molecule has 0 saturated carbocycles. The third kappa shape index (κ3) is 3.44. The second-order valence-electron chi connectivity index (χ2n) is 3.45. The van der Waals surface area contributed by atoms with Gasteiger partial charge in [-0.25, -0.2) is 0 Å². The molecule has 0 aromatic heterocycles. The summed E-state index contributed by atoms with van der Waals surface area (Å²) in [6.45, 7) is 0. The van der Waals surface area contributed by atoms with E-state index in [1.807, 2.05) is 55.5 Å². The molecule has 74 valence electrons. The molecule has 0 unspecified atom stereocenters. The first-order valence-electron chi connectivity index (χ1n) is 4.58. The summed E-state index contributed by atoms with van der Waals surface area (Å²) in [6, 6.07) is 9.97. The zero-order chi connectivity index (χ0) is 10.4. The molecular formula is C12H15NO. The van der Waals surface area contributed by atoms with Gasteiger partial charge in [0.2, 0.25) is 0 Å². The Hall–Kier alpha value is -1.57. The van der Waals surface area contributed by atoms with Gasteiger partial charge in [-0.15, -0.1) is 0 Å². The summed E-state index contributed by atoms with van der Waals surface area (Å²) in [4.78, 5) is 12.6. The Balaban J connectivity index is 2.71. The molecule has 0 heterocycles. The quantitative estimate of drug-likeness (QED) is 0.532. The van der Waals surface area contributed by atoms with Crippen molar-refractivity contribution in [3.05, 3.63) is 47.7 Å². The minimum atomic E-state index is 0.697. The molecule has 0 aliphatic rings. The fourth-order valence-corrected chi connectivity index (χ4v) is 1.28. The van der Waals surface area contributed by atoms with Crippen molar-refractivity contribution in [1.29, 1.82) is 0 Å². The first-order chi connectivity index (χ1) is 6.72. The lowest BCUT2D eigenvalue weighted by Crippen LogP contribution is -2.05. The van der Waals surface area contributed by atoms with Crippen LogP contribution < -0.4 is 0 Å². The lowest BCUT2D eigenvalue weighted by Gasteiger charge is -2.07. The summed E-state index contributed by atoms with van der Waals surface area (Å²) in [5.74, 6) is 0. The van der Waals surface area contributed by atoms with Crippen LogP contribution in [-0.4, -0.2) is 25.3 Å². The highest BCUT2D eigenvalue weighted by Crippen LogP contribution is 2.06. The predicted molar refractivity (Wildman–Crippen MR) is 58.0 cm³/mol. The molecule has 14 heavy (non-hydrogen) atoms. The highest BCUT2D eigenvalue weighted by Gasteiger charge is 1.97. The van der Waals surface area contributed by atoms with Gasteiger partial charge in [-0.05, 0) is 5.56 Å². The average Bonchev–Trinajstić information content (AvgIpc) is 2.17. The van der Waals surface area contributed by atoms with Crippen LogP contribution in [-0.2, 0) is 11.2 Å². The number of hydrogen-bond donors (Lipinski definition) is 0. The van der Waals surface area contributed by atoms with Crippen LogP contribution in [0.4, 0.5) is 0 Å². The fraction of sp³-hybridized carbons (Fsp3) is 0.250. The largest absolute Gasteiger partial charge is 0.383 e. The number of nitrogens with zero attached hydrogens (tertiary/aromatic N) is 1. The summed E-state index contributed by atoms with van der Waals surface area (Å²) < 4.78 is 0. The molecule has 1 aromatic carbocycles. The molecule has 0 N–H and O–H groups in total. The van der Waals surface area contributed by atoms with Crippen molar-refractivity contribution in [2.45, 2.75) is 6.42 Å². The molecule has 2 heteroatoms. The van der Waals surface area contributed by atoms with Crippen LogP contribution >= 0.6 is 0 Å². The third-order valence-corrected chi connectivity index (χ3v) is 1.83. The van der Waals surface area contributed by atoms with Gasteiger partial charge < -0.3 is 4.90 Å². The molecule has 0 atom stereocenters. The van der Waals surface area contributed by atoms with E-state index < -0.39 is 0 Å². The van der Waals surface area contributed by atoms with Gasteiger partial charge in [-0.3, -0.25) is 4.79 Å². The Bertz CT molecular complexity index is 314. The molecule has 0 aliphatic carbocycles. The molecule has 0 radical (unpaired) electrons. The van der Waals surface area contributed by atoms with E-state index in [9.17, 15) is 4.79 Å². The van der Waals surface area contributed by atoms with Crippen LogP contribution in [0.2, 0.25) is 0 Å². The van der Waals surface area contributed by atoms with Crippen molar-refractivity contribution in [3.8, 4) is 0 Å². The molecule has 2 nitrogen and oxygen atoms in total. The Kier molecular flexibility index (Phi) is 3.92. The fourth-order valence-electron chi connectivity index (χ4n) is 1.28. The summed E-state index contributed by atoms with van der Waals surface area (Å²) in [5.41, 5.74) is 1.95. The maximum atomic E-state index is 10.7. The van der Waals surface area contributed by atoms with E-state index >= 15 is 0 Å². The second kappa shape index (κ2) is 5.22. The van der Waals surface area contributed by atoms with Crippen LogP contribution in [0, 0.1) is 0 Å². The zero-order valence-electron chi connectivity index (χ0n) is 8.60. The van der Waals surface area contributed by atoms with E-state index in [2.05, 4.69) is 0 Å². The number of rotatable bonds is 4. The second-order valence-corrected chi connectivity index (χ2v) is 3.45. The van der Waals surface area contributed by atoms with Gasteiger partial charge in [-0.1, -0.05) is 30.3 Å². The Morgan fingerprint density at radius 1 is 1.29 bits per heavy atom. The highest BCUT2D eigenvalue weighted by molar-refractivity contribution is 5.73. The van der Waals surface area contributed by atoms with Gasteiger partial charge in [0.1, 0.15) is 6.29 Å². The predicted octanol–water partition coefficient (Wildman–Crippen LogP) is 1.87. The number of allylic oxidation sites excluding steroid dienone is 1. The molecule has 0 spiro atoms. The lowest BCUT2D eigenvalue weighted by molar-refractivity contribution is -0.105. The number of carbonyl (C=O) groups excluding carboxylic acids is 1. The van der Waals surface area contributed by atoms with Gasteiger partial charge in [0.05, 0.1) is 0 Å². The maximum absolute atomic E-state index is 10.7. The van der Waals surface area contributed by atoms with Crippen molar-refractivity contribution in [1.82, 2.24) is 4.90 Å².